The Morgan fingerprint density at radius 2 is 2.07 bits per heavy atom. The predicted molar refractivity (Wildman–Crippen MR) is 100 cm³/mol. The number of nitrogens with zero attached hydrogens (tertiary/aromatic N) is 8. The lowest BCUT2D eigenvalue weighted by atomic mass is 10.1. The highest BCUT2D eigenvalue weighted by Crippen LogP contribution is 2.17. The van der Waals surface area contributed by atoms with Crippen molar-refractivity contribution in [3.05, 3.63) is 60.7 Å². The SMILES string of the molecule is Cn1cc(Nc2cnc3nnn(Cc4ccc5ncccc5c4)c3n2)cn1. The van der Waals surface area contributed by atoms with Crippen LogP contribution >= 0.6 is 0 Å². The standard InChI is InChI=1S/C18H15N9/c1-26-11-14(8-21-26)22-16-9-20-17-18(23-16)27(25-24-17)10-12-4-5-15-13(7-12)3-2-6-19-15/h2-9,11H,10H2,1H3,(H,22,23). The van der Waals surface area contributed by atoms with Crippen molar-refractivity contribution in [2.24, 2.45) is 7.05 Å². The van der Waals surface area contributed by atoms with Crippen LogP contribution in [-0.4, -0.2) is 39.7 Å². The molecule has 9 heteroatoms. The number of aryl methyl sites for hydroxylation is 1. The topological polar surface area (TPSA) is 99.2 Å². The number of benzene rings is 1. The Labute approximate surface area is 153 Å². The number of pyridine rings is 1. The van der Waals surface area contributed by atoms with Gasteiger partial charge in [0.25, 0.3) is 0 Å². The first-order valence-electron chi connectivity index (χ1n) is 8.40. The van der Waals surface area contributed by atoms with Crippen LogP contribution in [0.25, 0.3) is 22.2 Å². The lowest BCUT2D eigenvalue weighted by Gasteiger charge is -2.05. The maximum atomic E-state index is 4.61. The number of fused-ring (bicyclic) bond motifs is 2. The minimum absolute atomic E-state index is 0.509. The second kappa shape index (κ2) is 6.13. The zero-order valence-electron chi connectivity index (χ0n) is 14.5. The fourth-order valence-electron chi connectivity index (χ4n) is 2.95. The van der Waals surface area contributed by atoms with Crippen LogP contribution in [0.15, 0.2) is 55.1 Å². The number of anilines is 2. The van der Waals surface area contributed by atoms with Crippen LogP contribution in [0.4, 0.5) is 11.5 Å². The van der Waals surface area contributed by atoms with E-state index in [2.05, 4.69) is 41.7 Å². The molecule has 5 rings (SSSR count). The van der Waals surface area contributed by atoms with Gasteiger partial charge in [-0.3, -0.25) is 9.67 Å². The molecule has 0 unspecified atom stereocenters. The van der Waals surface area contributed by atoms with Crippen LogP contribution in [0, 0.1) is 0 Å². The summed E-state index contributed by atoms with van der Waals surface area (Å²) in [5, 5.41) is 16.7. The molecule has 0 aliphatic rings. The highest BCUT2D eigenvalue weighted by molar-refractivity contribution is 5.79. The van der Waals surface area contributed by atoms with E-state index in [1.54, 1.807) is 28.0 Å². The van der Waals surface area contributed by atoms with Crippen molar-refractivity contribution >= 4 is 33.7 Å². The van der Waals surface area contributed by atoms with Gasteiger partial charge in [0.15, 0.2) is 11.5 Å². The highest BCUT2D eigenvalue weighted by Gasteiger charge is 2.10. The summed E-state index contributed by atoms with van der Waals surface area (Å²) in [6, 6.07) is 10.1. The molecule has 132 valence electrons. The third-order valence-electron chi connectivity index (χ3n) is 4.20. The quantitative estimate of drug-likeness (QED) is 0.527. The number of hydrogen-bond acceptors (Lipinski definition) is 7. The van der Waals surface area contributed by atoms with Gasteiger partial charge in [-0.15, -0.1) is 5.10 Å². The van der Waals surface area contributed by atoms with E-state index in [0.29, 0.717) is 23.7 Å². The van der Waals surface area contributed by atoms with Crippen molar-refractivity contribution in [1.29, 1.82) is 0 Å². The van der Waals surface area contributed by atoms with Gasteiger partial charge in [0.1, 0.15) is 0 Å². The number of hydrogen-bond donors (Lipinski definition) is 1. The molecule has 4 aromatic heterocycles. The normalized spacial score (nSPS) is 11.3. The maximum absolute atomic E-state index is 4.61. The van der Waals surface area contributed by atoms with Crippen molar-refractivity contribution in [3.8, 4) is 0 Å². The summed E-state index contributed by atoms with van der Waals surface area (Å²) in [6.45, 7) is 0.548. The molecule has 9 nitrogen and oxygen atoms in total. The van der Waals surface area contributed by atoms with Crippen LogP contribution in [0.5, 0.6) is 0 Å². The Morgan fingerprint density at radius 3 is 2.96 bits per heavy atom. The first kappa shape index (κ1) is 15.4. The average Bonchev–Trinajstić information content (AvgIpc) is 3.28. The molecule has 0 fully saturated rings. The molecule has 0 aliphatic carbocycles. The molecule has 0 saturated heterocycles. The van der Waals surface area contributed by atoms with E-state index in [0.717, 1.165) is 22.2 Å². The Morgan fingerprint density at radius 1 is 1.11 bits per heavy atom. The van der Waals surface area contributed by atoms with E-state index in [9.17, 15) is 0 Å². The van der Waals surface area contributed by atoms with Crippen LogP contribution in [0.1, 0.15) is 5.56 Å². The van der Waals surface area contributed by atoms with E-state index < -0.39 is 0 Å². The third-order valence-corrected chi connectivity index (χ3v) is 4.20. The molecule has 0 radical (unpaired) electrons. The second-order valence-corrected chi connectivity index (χ2v) is 6.21. The number of rotatable bonds is 4. The molecule has 5 aromatic rings. The van der Waals surface area contributed by atoms with Crippen molar-refractivity contribution in [1.82, 2.24) is 39.7 Å². The van der Waals surface area contributed by atoms with Gasteiger partial charge in [0.05, 0.1) is 30.1 Å². The van der Waals surface area contributed by atoms with Crippen molar-refractivity contribution in [3.63, 3.8) is 0 Å². The molecule has 1 aromatic carbocycles. The number of aromatic nitrogens is 8. The number of nitrogens with one attached hydrogen (secondary N) is 1. The second-order valence-electron chi connectivity index (χ2n) is 6.21. The highest BCUT2D eigenvalue weighted by atomic mass is 15.5. The van der Waals surface area contributed by atoms with E-state index in [-0.39, 0.29) is 0 Å². The van der Waals surface area contributed by atoms with Crippen LogP contribution in [0.3, 0.4) is 0 Å². The van der Waals surface area contributed by atoms with Gasteiger partial charge < -0.3 is 5.32 Å². The minimum Gasteiger partial charge on any atom is -0.336 e. The van der Waals surface area contributed by atoms with Crippen LogP contribution in [0.2, 0.25) is 0 Å². The first-order valence-corrected chi connectivity index (χ1v) is 8.40. The van der Waals surface area contributed by atoms with Crippen LogP contribution in [-0.2, 0) is 13.6 Å². The van der Waals surface area contributed by atoms with Gasteiger partial charge in [0.2, 0.25) is 5.65 Å². The summed E-state index contributed by atoms with van der Waals surface area (Å²) >= 11 is 0. The molecular formula is C18H15N9. The first-order chi connectivity index (χ1) is 13.2. The zero-order valence-corrected chi connectivity index (χ0v) is 14.5. The van der Waals surface area contributed by atoms with Crippen molar-refractivity contribution in [2.45, 2.75) is 6.54 Å². The monoisotopic (exact) mass is 357 g/mol. The lowest BCUT2D eigenvalue weighted by Crippen LogP contribution is -2.04. The molecule has 27 heavy (non-hydrogen) atoms. The molecular weight excluding hydrogens is 342 g/mol. The van der Waals surface area contributed by atoms with Gasteiger partial charge in [0, 0.05) is 24.8 Å². The van der Waals surface area contributed by atoms with E-state index in [4.69, 9.17) is 0 Å². The third kappa shape index (κ3) is 2.95. The average molecular weight is 357 g/mol. The summed E-state index contributed by atoms with van der Waals surface area (Å²) in [4.78, 5) is 13.3. The van der Waals surface area contributed by atoms with E-state index in [1.165, 1.54) is 0 Å². The maximum Gasteiger partial charge on any atom is 0.221 e. The van der Waals surface area contributed by atoms with Gasteiger partial charge in [-0.2, -0.15) is 5.10 Å². The summed E-state index contributed by atoms with van der Waals surface area (Å²) in [7, 11) is 1.86. The fraction of sp³-hybridized carbons (Fsp3) is 0.111. The van der Waals surface area contributed by atoms with Crippen LogP contribution < -0.4 is 5.32 Å². The predicted octanol–water partition coefficient (Wildman–Crippen LogP) is 2.29. The minimum atomic E-state index is 0.509. The molecule has 1 N–H and O–H groups in total. The largest absolute Gasteiger partial charge is 0.336 e. The smallest absolute Gasteiger partial charge is 0.221 e. The van der Waals surface area contributed by atoms with Crippen molar-refractivity contribution < 1.29 is 0 Å². The fourth-order valence-corrected chi connectivity index (χ4v) is 2.95. The molecule has 0 amide bonds. The Kier molecular flexibility index (Phi) is 3.49. The molecule has 0 bridgehead atoms. The summed E-state index contributed by atoms with van der Waals surface area (Å²) < 4.78 is 3.46. The Balaban J connectivity index is 1.47. The Bertz CT molecular complexity index is 1250. The van der Waals surface area contributed by atoms with Gasteiger partial charge in [-0.1, -0.05) is 17.3 Å². The van der Waals surface area contributed by atoms with E-state index in [1.807, 2.05) is 37.5 Å². The summed E-state index contributed by atoms with van der Waals surface area (Å²) in [5.74, 6) is 0.613. The molecule has 0 aliphatic heterocycles. The zero-order chi connectivity index (χ0) is 18.2. The molecule has 0 spiro atoms. The van der Waals surface area contributed by atoms with Crippen molar-refractivity contribution in [2.75, 3.05) is 5.32 Å². The van der Waals surface area contributed by atoms with Gasteiger partial charge >= 0.3 is 0 Å². The summed E-state index contributed by atoms with van der Waals surface area (Å²) in [5.41, 5.74) is 4.03. The van der Waals surface area contributed by atoms with E-state index >= 15 is 0 Å². The lowest BCUT2D eigenvalue weighted by molar-refractivity contribution is 0.664. The summed E-state index contributed by atoms with van der Waals surface area (Å²) in [6.07, 6.45) is 7.02. The molecule has 4 heterocycles. The van der Waals surface area contributed by atoms with Gasteiger partial charge in [-0.05, 0) is 23.8 Å². The molecule has 0 saturated carbocycles. The Hall–Kier alpha value is -3.88. The molecule has 0 atom stereocenters. The van der Waals surface area contributed by atoms with Gasteiger partial charge in [-0.25, -0.2) is 14.6 Å².